The Morgan fingerprint density at radius 3 is 2.04 bits per heavy atom. The van der Waals surface area contributed by atoms with Gasteiger partial charge in [-0.1, -0.05) is 60.7 Å². The first-order valence-electron chi connectivity index (χ1n) is 8.78. The van der Waals surface area contributed by atoms with Gasteiger partial charge in [-0.25, -0.2) is 0 Å². The third-order valence-corrected chi connectivity index (χ3v) is 5.26. The maximum absolute atomic E-state index is 12.2. The summed E-state index contributed by atoms with van der Waals surface area (Å²) < 4.78 is 0. The summed E-state index contributed by atoms with van der Waals surface area (Å²) in [5.74, 6) is -0.0888. The van der Waals surface area contributed by atoms with E-state index in [-0.39, 0.29) is 11.7 Å². The van der Waals surface area contributed by atoms with Crippen LogP contribution in [0.1, 0.15) is 35.2 Å². The van der Waals surface area contributed by atoms with E-state index in [1.54, 1.807) is 0 Å². The summed E-state index contributed by atoms with van der Waals surface area (Å²) in [5, 5.41) is 0. The average Bonchev–Trinajstić information content (AvgIpc) is 2.67. The minimum absolute atomic E-state index is 0.162. The highest BCUT2D eigenvalue weighted by atomic mass is 16.1. The van der Waals surface area contributed by atoms with Crippen LogP contribution in [-0.4, -0.2) is 36.2 Å². The highest BCUT2D eigenvalue weighted by Gasteiger charge is 2.41. The number of carbonyl (C=O) groups excluding carboxylic acids is 2. The van der Waals surface area contributed by atoms with Crippen LogP contribution in [0.2, 0.25) is 0 Å². The summed E-state index contributed by atoms with van der Waals surface area (Å²) >= 11 is 0. The van der Waals surface area contributed by atoms with Crippen LogP contribution >= 0.6 is 0 Å². The molecule has 2 aromatic rings. The topological polar surface area (TPSA) is 63.4 Å². The molecule has 0 radical (unpaired) electrons. The fourth-order valence-electron chi connectivity index (χ4n) is 3.62. The van der Waals surface area contributed by atoms with Gasteiger partial charge in [0.15, 0.2) is 5.78 Å². The van der Waals surface area contributed by atoms with Crippen LogP contribution in [-0.2, 0) is 10.2 Å². The second kappa shape index (κ2) is 7.62. The van der Waals surface area contributed by atoms with Crippen molar-refractivity contribution in [3.05, 3.63) is 71.8 Å². The molecule has 1 saturated heterocycles. The molecule has 0 aromatic heterocycles. The number of nitrogens with zero attached hydrogens (tertiary/aromatic N) is 1. The number of rotatable bonds is 6. The van der Waals surface area contributed by atoms with Crippen LogP contribution in [0.15, 0.2) is 60.7 Å². The smallest absolute Gasteiger partial charge is 0.228 e. The second-order valence-corrected chi connectivity index (χ2v) is 6.69. The zero-order valence-corrected chi connectivity index (χ0v) is 14.4. The fraction of sp³-hybridized carbons (Fsp3) is 0.333. The Balaban J connectivity index is 1.59. The molecule has 4 heteroatoms. The maximum atomic E-state index is 12.2. The van der Waals surface area contributed by atoms with Crippen LogP contribution < -0.4 is 5.73 Å². The number of carbonyl (C=O) groups is 2. The highest BCUT2D eigenvalue weighted by molar-refractivity contribution is 5.96. The molecule has 0 saturated carbocycles. The van der Waals surface area contributed by atoms with Crippen molar-refractivity contribution in [1.82, 2.24) is 4.90 Å². The van der Waals surface area contributed by atoms with E-state index in [1.165, 1.54) is 0 Å². The first-order valence-corrected chi connectivity index (χ1v) is 8.78. The van der Waals surface area contributed by atoms with Crippen molar-refractivity contribution in [2.45, 2.75) is 24.7 Å². The number of Topliss-reactive ketones (excluding diaryl/α,β-unsaturated/α-hetero) is 1. The van der Waals surface area contributed by atoms with Gasteiger partial charge in [-0.3, -0.25) is 9.59 Å². The Kier molecular flexibility index (Phi) is 5.29. The molecule has 0 unspecified atom stereocenters. The minimum atomic E-state index is -0.582. The molecule has 2 N–H and O–H groups in total. The average molecular weight is 336 g/mol. The number of amides is 1. The number of likely N-dealkylation sites (tertiary alicyclic amines) is 1. The molecule has 130 valence electrons. The molecule has 1 aliphatic rings. The SMILES string of the molecule is NC(=O)C1(c2ccccc2)CCN(CCC(=O)c2ccccc2)CC1. The molecule has 0 bridgehead atoms. The molecule has 25 heavy (non-hydrogen) atoms. The summed E-state index contributed by atoms with van der Waals surface area (Å²) in [6.07, 6.45) is 1.90. The van der Waals surface area contributed by atoms with Gasteiger partial charge in [0, 0.05) is 18.5 Å². The van der Waals surface area contributed by atoms with E-state index >= 15 is 0 Å². The van der Waals surface area contributed by atoms with E-state index in [1.807, 2.05) is 60.7 Å². The third kappa shape index (κ3) is 3.80. The molecule has 4 nitrogen and oxygen atoms in total. The Bertz CT molecular complexity index is 720. The van der Waals surface area contributed by atoms with E-state index in [4.69, 9.17) is 5.73 Å². The van der Waals surface area contributed by atoms with Gasteiger partial charge >= 0.3 is 0 Å². The quantitative estimate of drug-likeness (QED) is 0.825. The van der Waals surface area contributed by atoms with Crippen LogP contribution in [0.25, 0.3) is 0 Å². The van der Waals surface area contributed by atoms with Crippen molar-refractivity contribution in [3.63, 3.8) is 0 Å². The lowest BCUT2D eigenvalue weighted by Gasteiger charge is -2.40. The summed E-state index contributed by atoms with van der Waals surface area (Å²) in [6, 6.07) is 19.2. The second-order valence-electron chi connectivity index (χ2n) is 6.69. The Morgan fingerprint density at radius 2 is 1.48 bits per heavy atom. The van der Waals surface area contributed by atoms with Gasteiger partial charge in [0.05, 0.1) is 5.41 Å². The van der Waals surface area contributed by atoms with Gasteiger partial charge in [0.1, 0.15) is 0 Å². The molecule has 0 spiro atoms. The largest absolute Gasteiger partial charge is 0.369 e. The van der Waals surface area contributed by atoms with Gasteiger partial charge in [-0.2, -0.15) is 0 Å². The van der Waals surface area contributed by atoms with Crippen LogP contribution in [0.3, 0.4) is 0 Å². The van der Waals surface area contributed by atoms with Gasteiger partial charge in [0.2, 0.25) is 5.91 Å². The van der Waals surface area contributed by atoms with E-state index in [2.05, 4.69) is 4.90 Å². The van der Waals surface area contributed by atoms with Crippen molar-refractivity contribution in [2.24, 2.45) is 5.73 Å². The highest BCUT2D eigenvalue weighted by Crippen LogP contribution is 2.35. The minimum Gasteiger partial charge on any atom is -0.369 e. The number of nitrogens with two attached hydrogens (primary N) is 1. The Hall–Kier alpha value is -2.46. The van der Waals surface area contributed by atoms with Gasteiger partial charge in [-0.15, -0.1) is 0 Å². The van der Waals surface area contributed by atoms with Gasteiger partial charge < -0.3 is 10.6 Å². The van der Waals surface area contributed by atoms with E-state index in [0.717, 1.165) is 30.8 Å². The predicted molar refractivity (Wildman–Crippen MR) is 98.4 cm³/mol. The Labute approximate surface area is 148 Å². The van der Waals surface area contributed by atoms with E-state index < -0.39 is 5.41 Å². The standard InChI is InChI=1S/C21H24N2O2/c22-20(25)21(18-9-5-2-6-10-18)12-15-23(16-13-21)14-11-19(24)17-7-3-1-4-8-17/h1-10H,11-16H2,(H2,22,25). The van der Waals surface area contributed by atoms with Crippen molar-refractivity contribution in [1.29, 1.82) is 0 Å². The molecule has 1 amide bonds. The number of ketones is 1. The molecule has 0 aliphatic carbocycles. The zero-order valence-electron chi connectivity index (χ0n) is 14.4. The molecule has 1 heterocycles. The molecule has 1 aliphatic heterocycles. The normalized spacial score (nSPS) is 17.1. The predicted octanol–water partition coefficient (Wildman–Crippen LogP) is 2.78. The fourth-order valence-corrected chi connectivity index (χ4v) is 3.62. The molecule has 3 rings (SSSR count). The number of primary amides is 1. The number of benzene rings is 2. The van der Waals surface area contributed by atoms with Gasteiger partial charge in [-0.05, 0) is 31.5 Å². The molecule has 2 aromatic carbocycles. The number of piperidine rings is 1. The molecular weight excluding hydrogens is 312 g/mol. The lowest BCUT2D eigenvalue weighted by molar-refractivity contribution is -0.125. The molecule has 1 fully saturated rings. The lowest BCUT2D eigenvalue weighted by Crippen LogP contribution is -2.50. The third-order valence-electron chi connectivity index (χ3n) is 5.26. The van der Waals surface area contributed by atoms with Crippen molar-refractivity contribution < 1.29 is 9.59 Å². The molecular formula is C21H24N2O2. The molecule has 0 atom stereocenters. The number of hydrogen-bond acceptors (Lipinski definition) is 3. The van der Waals surface area contributed by atoms with Crippen LogP contribution in [0.5, 0.6) is 0 Å². The zero-order chi connectivity index (χ0) is 17.7. The maximum Gasteiger partial charge on any atom is 0.228 e. The number of hydrogen-bond donors (Lipinski definition) is 1. The monoisotopic (exact) mass is 336 g/mol. The van der Waals surface area contributed by atoms with E-state index in [9.17, 15) is 9.59 Å². The van der Waals surface area contributed by atoms with E-state index in [0.29, 0.717) is 19.3 Å². The van der Waals surface area contributed by atoms with Gasteiger partial charge in [0.25, 0.3) is 0 Å². The van der Waals surface area contributed by atoms with Crippen LogP contribution in [0, 0.1) is 0 Å². The van der Waals surface area contributed by atoms with Crippen LogP contribution in [0.4, 0.5) is 0 Å². The first-order chi connectivity index (χ1) is 12.1. The van der Waals surface area contributed by atoms with Crippen molar-refractivity contribution >= 4 is 11.7 Å². The summed E-state index contributed by atoms with van der Waals surface area (Å²) in [5.41, 5.74) is 6.95. The summed E-state index contributed by atoms with van der Waals surface area (Å²) in [7, 11) is 0. The van der Waals surface area contributed by atoms with Crippen molar-refractivity contribution in [3.8, 4) is 0 Å². The Morgan fingerprint density at radius 1 is 0.920 bits per heavy atom. The first kappa shape index (κ1) is 17.4. The summed E-state index contributed by atoms with van der Waals surface area (Å²) in [6.45, 7) is 2.27. The van der Waals surface area contributed by atoms with Crippen molar-refractivity contribution in [2.75, 3.05) is 19.6 Å². The lowest BCUT2D eigenvalue weighted by atomic mass is 9.72. The summed E-state index contributed by atoms with van der Waals surface area (Å²) in [4.78, 5) is 26.7.